The highest BCUT2D eigenvalue weighted by Gasteiger charge is 2.15. The molecule has 3 heterocycles. The van der Waals surface area contributed by atoms with E-state index >= 15 is 0 Å². The van der Waals surface area contributed by atoms with Crippen LogP contribution in [0.25, 0.3) is 83.4 Å². The van der Waals surface area contributed by atoms with Crippen molar-refractivity contribution in [2.45, 2.75) is 0 Å². The maximum atomic E-state index is 6.06. The first-order valence-electron chi connectivity index (χ1n) is 15.4. The van der Waals surface area contributed by atoms with Crippen molar-refractivity contribution < 1.29 is 4.42 Å². The fourth-order valence-corrected chi connectivity index (χ4v) is 6.43. The summed E-state index contributed by atoms with van der Waals surface area (Å²) in [7, 11) is 0. The number of nitrogens with zero attached hydrogens (tertiary/aromatic N) is 3. The van der Waals surface area contributed by atoms with Crippen molar-refractivity contribution in [3.8, 4) is 50.5 Å². The molecule has 4 nitrogen and oxygen atoms in total. The van der Waals surface area contributed by atoms with Crippen molar-refractivity contribution in [3.63, 3.8) is 0 Å². The van der Waals surface area contributed by atoms with Gasteiger partial charge in [0.15, 0.2) is 0 Å². The van der Waals surface area contributed by atoms with Crippen LogP contribution >= 0.6 is 0 Å². The smallest absolute Gasteiger partial charge is 0.145 e. The summed E-state index contributed by atoms with van der Waals surface area (Å²) >= 11 is 0. The topological polar surface area (TPSA) is 43.9 Å². The van der Waals surface area contributed by atoms with Gasteiger partial charge >= 0.3 is 0 Å². The quantitative estimate of drug-likeness (QED) is 0.201. The molecule has 0 saturated heterocycles. The monoisotopic (exact) mass is 589 g/mol. The molecule has 0 fully saturated rings. The highest BCUT2D eigenvalue weighted by Crippen LogP contribution is 2.35. The molecule has 0 aliphatic carbocycles. The molecule has 0 spiro atoms. The SMILES string of the molecule is c1ccc(-c2nc3ccccc3n2-c2cccc(-c3cncc(-c4cccc(-c5ccc6oc7ccccc7c6c5)c4)c3)c2)cc1. The number of rotatable bonds is 5. The standard InChI is InChI=1S/C42H27N3O/c1-2-10-28(11-3-1)42-44-38-17-5-6-18-39(38)45(42)35-15-9-14-31(24-35)34-23-33(26-43-27-34)30-13-8-12-29(22-30)32-20-21-41-37(25-32)36-16-4-7-19-40(36)46-41/h1-27H. The lowest BCUT2D eigenvalue weighted by Gasteiger charge is -2.12. The minimum atomic E-state index is 0.903. The molecule has 0 bridgehead atoms. The lowest BCUT2D eigenvalue weighted by Crippen LogP contribution is -1.98. The van der Waals surface area contributed by atoms with Crippen LogP contribution in [-0.2, 0) is 0 Å². The lowest BCUT2D eigenvalue weighted by atomic mass is 9.97. The molecule has 46 heavy (non-hydrogen) atoms. The van der Waals surface area contributed by atoms with E-state index in [1.54, 1.807) is 0 Å². The normalized spacial score (nSPS) is 11.5. The number of benzene rings is 6. The molecule has 9 rings (SSSR count). The number of para-hydroxylation sites is 3. The zero-order valence-electron chi connectivity index (χ0n) is 24.8. The van der Waals surface area contributed by atoms with Crippen LogP contribution in [0.2, 0.25) is 0 Å². The number of imidazole rings is 1. The van der Waals surface area contributed by atoms with Gasteiger partial charge in [-0.1, -0.05) is 97.1 Å². The minimum absolute atomic E-state index is 0.903. The Bertz CT molecular complexity index is 2540. The molecule has 0 aliphatic rings. The molecule has 6 aromatic carbocycles. The number of aromatic nitrogens is 3. The van der Waals surface area contributed by atoms with Gasteiger partial charge < -0.3 is 4.42 Å². The lowest BCUT2D eigenvalue weighted by molar-refractivity contribution is 0.669. The Morgan fingerprint density at radius 2 is 1.07 bits per heavy atom. The van der Waals surface area contributed by atoms with Crippen molar-refractivity contribution in [1.82, 2.24) is 14.5 Å². The second kappa shape index (κ2) is 10.7. The van der Waals surface area contributed by atoms with E-state index < -0.39 is 0 Å². The Balaban J connectivity index is 1.10. The summed E-state index contributed by atoms with van der Waals surface area (Å²) < 4.78 is 8.31. The van der Waals surface area contributed by atoms with Gasteiger partial charge in [0.2, 0.25) is 0 Å². The first-order chi connectivity index (χ1) is 22.8. The van der Waals surface area contributed by atoms with E-state index in [1.165, 1.54) is 0 Å². The van der Waals surface area contributed by atoms with Crippen molar-refractivity contribution >= 4 is 33.0 Å². The van der Waals surface area contributed by atoms with Crippen molar-refractivity contribution in [2.75, 3.05) is 0 Å². The third kappa shape index (κ3) is 4.47. The molecule has 216 valence electrons. The van der Waals surface area contributed by atoms with Gasteiger partial charge in [-0.05, 0) is 76.9 Å². The first-order valence-corrected chi connectivity index (χ1v) is 15.4. The summed E-state index contributed by atoms with van der Waals surface area (Å²) in [5, 5.41) is 2.26. The van der Waals surface area contributed by atoms with E-state index in [-0.39, 0.29) is 0 Å². The van der Waals surface area contributed by atoms with Crippen LogP contribution < -0.4 is 0 Å². The largest absolute Gasteiger partial charge is 0.456 e. The Hall–Kier alpha value is -6.26. The average Bonchev–Trinajstić information content (AvgIpc) is 3.71. The summed E-state index contributed by atoms with van der Waals surface area (Å²) in [4.78, 5) is 9.71. The Kier molecular flexibility index (Phi) is 6.10. The third-order valence-corrected chi connectivity index (χ3v) is 8.67. The zero-order valence-corrected chi connectivity index (χ0v) is 24.8. The number of fused-ring (bicyclic) bond motifs is 4. The third-order valence-electron chi connectivity index (χ3n) is 8.67. The van der Waals surface area contributed by atoms with E-state index in [0.29, 0.717) is 0 Å². The second-order valence-electron chi connectivity index (χ2n) is 11.5. The van der Waals surface area contributed by atoms with E-state index in [2.05, 4.69) is 137 Å². The van der Waals surface area contributed by atoms with Gasteiger partial charge in [0.25, 0.3) is 0 Å². The highest BCUT2D eigenvalue weighted by atomic mass is 16.3. The molecule has 0 unspecified atom stereocenters. The van der Waals surface area contributed by atoms with Crippen LogP contribution in [0.4, 0.5) is 0 Å². The fraction of sp³-hybridized carbons (Fsp3) is 0. The molecule has 9 aromatic rings. The summed E-state index contributed by atoms with van der Waals surface area (Å²) in [5.41, 5.74) is 12.6. The summed E-state index contributed by atoms with van der Waals surface area (Å²) in [5.74, 6) is 0.921. The van der Waals surface area contributed by atoms with Crippen LogP contribution in [0, 0.1) is 0 Å². The van der Waals surface area contributed by atoms with Crippen LogP contribution in [0.5, 0.6) is 0 Å². The van der Waals surface area contributed by atoms with Crippen LogP contribution in [0.3, 0.4) is 0 Å². The molecular formula is C42H27N3O. The van der Waals surface area contributed by atoms with Gasteiger partial charge in [-0.25, -0.2) is 4.98 Å². The van der Waals surface area contributed by atoms with Crippen molar-refractivity contribution in [2.24, 2.45) is 0 Å². The molecule has 4 heteroatoms. The van der Waals surface area contributed by atoms with E-state index in [4.69, 9.17) is 9.40 Å². The molecular weight excluding hydrogens is 562 g/mol. The highest BCUT2D eigenvalue weighted by molar-refractivity contribution is 6.06. The van der Waals surface area contributed by atoms with Gasteiger partial charge in [-0.15, -0.1) is 0 Å². The van der Waals surface area contributed by atoms with Gasteiger partial charge in [0.05, 0.1) is 11.0 Å². The van der Waals surface area contributed by atoms with Gasteiger partial charge in [0, 0.05) is 45.5 Å². The molecule has 0 aliphatic heterocycles. The zero-order chi connectivity index (χ0) is 30.5. The van der Waals surface area contributed by atoms with Crippen molar-refractivity contribution in [1.29, 1.82) is 0 Å². The average molecular weight is 590 g/mol. The second-order valence-corrected chi connectivity index (χ2v) is 11.5. The maximum Gasteiger partial charge on any atom is 0.145 e. The van der Waals surface area contributed by atoms with Gasteiger partial charge in [-0.2, -0.15) is 0 Å². The number of pyridine rings is 1. The van der Waals surface area contributed by atoms with Crippen LogP contribution in [0.15, 0.2) is 168 Å². The number of hydrogen-bond donors (Lipinski definition) is 0. The Labute approximate surface area is 265 Å². The van der Waals surface area contributed by atoms with Crippen LogP contribution in [0.1, 0.15) is 0 Å². The molecule has 0 radical (unpaired) electrons. The molecule has 0 saturated carbocycles. The van der Waals surface area contributed by atoms with E-state index in [9.17, 15) is 0 Å². The predicted octanol–water partition coefficient (Wildman–Crippen LogP) is 11.0. The maximum absolute atomic E-state index is 6.06. The summed E-state index contributed by atoms with van der Waals surface area (Å²) in [6, 6.07) is 52.8. The van der Waals surface area contributed by atoms with Gasteiger partial charge in [-0.3, -0.25) is 9.55 Å². The van der Waals surface area contributed by atoms with Crippen molar-refractivity contribution in [3.05, 3.63) is 164 Å². The molecule has 0 N–H and O–H groups in total. The van der Waals surface area contributed by atoms with Crippen LogP contribution in [-0.4, -0.2) is 14.5 Å². The number of furan rings is 1. The Morgan fingerprint density at radius 1 is 0.435 bits per heavy atom. The Morgan fingerprint density at radius 3 is 1.93 bits per heavy atom. The summed E-state index contributed by atoms with van der Waals surface area (Å²) in [6.07, 6.45) is 3.88. The predicted molar refractivity (Wildman–Crippen MR) is 188 cm³/mol. The minimum Gasteiger partial charge on any atom is -0.456 e. The molecule has 3 aromatic heterocycles. The van der Waals surface area contributed by atoms with E-state index in [0.717, 1.165) is 83.4 Å². The molecule has 0 amide bonds. The van der Waals surface area contributed by atoms with E-state index in [1.807, 2.05) is 36.7 Å². The van der Waals surface area contributed by atoms with Gasteiger partial charge in [0.1, 0.15) is 17.0 Å². The summed E-state index contributed by atoms with van der Waals surface area (Å²) in [6.45, 7) is 0. The number of hydrogen-bond acceptors (Lipinski definition) is 3. The fourth-order valence-electron chi connectivity index (χ4n) is 6.43. The first kappa shape index (κ1) is 26.2. The molecule has 0 atom stereocenters.